The van der Waals surface area contributed by atoms with Crippen LogP contribution in [0, 0.1) is 5.92 Å². The third kappa shape index (κ3) is 3.53. The SMILES string of the molecule is C[C@@H]1CN(c2ncc(-c3ccc(-n4nccn4)cc3O)nn2)C[C@H](C2CCC2)N1. The fraction of sp³-hybridized carbons (Fsp3) is 0.450. The molecule has 0 spiro atoms. The van der Waals surface area contributed by atoms with Crippen LogP contribution in [0.1, 0.15) is 26.2 Å². The molecule has 0 amide bonds. The predicted octanol–water partition coefficient (Wildman–Crippen LogP) is 1.79. The molecule has 1 aliphatic carbocycles. The lowest BCUT2D eigenvalue weighted by molar-refractivity contribution is 0.202. The molecule has 9 nitrogen and oxygen atoms in total. The Morgan fingerprint density at radius 1 is 1.10 bits per heavy atom. The van der Waals surface area contributed by atoms with Crippen molar-refractivity contribution >= 4 is 5.95 Å². The molecule has 5 rings (SSSR count). The first-order chi connectivity index (χ1) is 14.2. The number of benzene rings is 1. The van der Waals surface area contributed by atoms with Crippen LogP contribution in [0.4, 0.5) is 5.95 Å². The molecule has 9 heteroatoms. The summed E-state index contributed by atoms with van der Waals surface area (Å²) in [6.45, 7) is 3.97. The molecule has 1 saturated carbocycles. The summed E-state index contributed by atoms with van der Waals surface area (Å²) in [5, 5.41) is 31.0. The zero-order chi connectivity index (χ0) is 19.8. The van der Waals surface area contributed by atoms with Gasteiger partial charge in [-0.15, -0.1) is 10.2 Å². The first-order valence-electron chi connectivity index (χ1n) is 10.1. The minimum atomic E-state index is 0.0875. The zero-order valence-electron chi connectivity index (χ0n) is 16.3. The van der Waals surface area contributed by atoms with E-state index in [0.29, 0.717) is 35.0 Å². The molecule has 2 atom stereocenters. The van der Waals surface area contributed by atoms with Crippen LogP contribution in [0.15, 0.2) is 36.8 Å². The first-order valence-corrected chi connectivity index (χ1v) is 10.1. The van der Waals surface area contributed by atoms with Crippen molar-refractivity contribution in [3.63, 3.8) is 0 Å². The van der Waals surface area contributed by atoms with E-state index in [1.807, 2.05) is 6.07 Å². The van der Waals surface area contributed by atoms with Gasteiger partial charge in [0.2, 0.25) is 5.95 Å². The summed E-state index contributed by atoms with van der Waals surface area (Å²) < 4.78 is 0. The molecule has 1 saturated heterocycles. The van der Waals surface area contributed by atoms with Gasteiger partial charge in [-0.2, -0.15) is 15.0 Å². The number of phenols is 1. The maximum Gasteiger partial charge on any atom is 0.245 e. The maximum atomic E-state index is 10.4. The number of hydrogen-bond donors (Lipinski definition) is 2. The summed E-state index contributed by atoms with van der Waals surface area (Å²) >= 11 is 0. The molecule has 2 fully saturated rings. The Balaban J connectivity index is 1.35. The number of nitrogens with zero attached hydrogens (tertiary/aromatic N) is 7. The molecule has 2 aromatic heterocycles. The highest BCUT2D eigenvalue weighted by Crippen LogP contribution is 2.32. The van der Waals surface area contributed by atoms with Crippen molar-refractivity contribution in [1.29, 1.82) is 0 Å². The lowest BCUT2D eigenvalue weighted by atomic mass is 9.78. The number of anilines is 1. The zero-order valence-corrected chi connectivity index (χ0v) is 16.3. The van der Waals surface area contributed by atoms with Gasteiger partial charge >= 0.3 is 0 Å². The van der Waals surface area contributed by atoms with Crippen molar-refractivity contribution in [3.8, 4) is 22.7 Å². The number of phenolic OH excluding ortho intramolecular Hbond substituents is 1. The van der Waals surface area contributed by atoms with Gasteiger partial charge in [-0.3, -0.25) is 0 Å². The minimum Gasteiger partial charge on any atom is -0.507 e. The fourth-order valence-corrected chi connectivity index (χ4v) is 4.15. The number of aromatic nitrogens is 6. The lowest BCUT2D eigenvalue weighted by Crippen LogP contribution is -2.59. The number of aromatic hydroxyl groups is 1. The predicted molar refractivity (Wildman–Crippen MR) is 108 cm³/mol. The van der Waals surface area contributed by atoms with Gasteiger partial charge in [0.15, 0.2) is 0 Å². The van der Waals surface area contributed by atoms with Crippen molar-refractivity contribution < 1.29 is 5.11 Å². The number of rotatable bonds is 4. The molecule has 0 bridgehead atoms. The Kier molecular flexibility index (Phi) is 4.59. The quantitative estimate of drug-likeness (QED) is 0.692. The molecule has 29 heavy (non-hydrogen) atoms. The van der Waals surface area contributed by atoms with Gasteiger partial charge in [0.1, 0.15) is 11.4 Å². The van der Waals surface area contributed by atoms with Crippen LogP contribution in [-0.2, 0) is 0 Å². The van der Waals surface area contributed by atoms with Gasteiger partial charge in [-0.25, -0.2) is 4.98 Å². The van der Waals surface area contributed by atoms with Gasteiger partial charge in [0, 0.05) is 36.8 Å². The van der Waals surface area contributed by atoms with Gasteiger partial charge in [-0.05, 0) is 37.8 Å². The van der Waals surface area contributed by atoms with Crippen molar-refractivity contribution in [2.75, 3.05) is 18.0 Å². The van der Waals surface area contributed by atoms with Gasteiger partial charge in [-0.1, -0.05) is 6.42 Å². The van der Waals surface area contributed by atoms with Crippen molar-refractivity contribution in [1.82, 2.24) is 35.5 Å². The van der Waals surface area contributed by atoms with Crippen LogP contribution in [0.5, 0.6) is 5.75 Å². The Bertz CT molecular complexity index is 971. The van der Waals surface area contributed by atoms with E-state index in [-0.39, 0.29) is 5.75 Å². The van der Waals surface area contributed by atoms with E-state index in [1.54, 1.807) is 30.7 Å². The monoisotopic (exact) mass is 392 g/mol. The summed E-state index contributed by atoms with van der Waals surface area (Å²) in [5.41, 5.74) is 1.78. The highest BCUT2D eigenvalue weighted by atomic mass is 16.3. The summed E-state index contributed by atoms with van der Waals surface area (Å²) in [7, 11) is 0. The molecule has 0 radical (unpaired) electrons. The van der Waals surface area contributed by atoms with Crippen LogP contribution in [0.3, 0.4) is 0 Å². The molecular formula is C20H24N8O. The lowest BCUT2D eigenvalue weighted by Gasteiger charge is -2.43. The third-order valence-electron chi connectivity index (χ3n) is 5.87. The molecule has 2 N–H and O–H groups in total. The van der Waals surface area contributed by atoms with E-state index in [9.17, 15) is 5.11 Å². The van der Waals surface area contributed by atoms with E-state index in [0.717, 1.165) is 19.0 Å². The first kappa shape index (κ1) is 18.0. The summed E-state index contributed by atoms with van der Waals surface area (Å²) in [5.74, 6) is 1.49. The smallest absolute Gasteiger partial charge is 0.245 e. The summed E-state index contributed by atoms with van der Waals surface area (Å²) in [6.07, 6.45) is 8.80. The molecule has 150 valence electrons. The van der Waals surface area contributed by atoms with E-state index in [2.05, 4.69) is 42.5 Å². The van der Waals surface area contributed by atoms with Crippen molar-refractivity contribution in [2.24, 2.45) is 5.92 Å². The van der Waals surface area contributed by atoms with Crippen molar-refractivity contribution in [3.05, 3.63) is 36.8 Å². The standard InChI is InChI=1S/C20H24N8O/c1-13-11-27(12-18(24-13)14-3-2-4-14)20-21-10-17(25-26-20)16-6-5-15(9-19(16)29)28-22-7-8-23-28/h5-10,13-14,18,24,29H,2-4,11-12H2,1H3/t13-,18-/m1/s1. The van der Waals surface area contributed by atoms with Crippen molar-refractivity contribution in [2.45, 2.75) is 38.3 Å². The second-order valence-electron chi connectivity index (χ2n) is 7.93. The van der Waals surface area contributed by atoms with Crippen LogP contribution >= 0.6 is 0 Å². The number of piperazine rings is 1. The van der Waals surface area contributed by atoms with Gasteiger partial charge in [0.05, 0.1) is 24.3 Å². The van der Waals surface area contributed by atoms with Crippen LogP contribution in [0.2, 0.25) is 0 Å². The van der Waals surface area contributed by atoms with Crippen LogP contribution in [0.25, 0.3) is 16.9 Å². The van der Waals surface area contributed by atoms with E-state index >= 15 is 0 Å². The number of hydrogen-bond acceptors (Lipinski definition) is 8. The highest BCUT2D eigenvalue weighted by Gasteiger charge is 2.34. The molecule has 0 unspecified atom stereocenters. The molecule has 3 aromatic rings. The topological polar surface area (TPSA) is 105 Å². The highest BCUT2D eigenvalue weighted by molar-refractivity contribution is 5.67. The second kappa shape index (κ2) is 7.40. The maximum absolute atomic E-state index is 10.4. The largest absolute Gasteiger partial charge is 0.507 e. The van der Waals surface area contributed by atoms with E-state index in [1.165, 1.54) is 24.1 Å². The fourth-order valence-electron chi connectivity index (χ4n) is 4.15. The second-order valence-corrected chi connectivity index (χ2v) is 7.93. The van der Waals surface area contributed by atoms with E-state index in [4.69, 9.17) is 0 Å². The molecule has 2 aliphatic rings. The number of nitrogens with one attached hydrogen (secondary N) is 1. The van der Waals surface area contributed by atoms with Crippen LogP contribution < -0.4 is 10.2 Å². The minimum absolute atomic E-state index is 0.0875. The normalized spacial score (nSPS) is 22.4. The van der Waals surface area contributed by atoms with Gasteiger partial charge < -0.3 is 15.3 Å². The summed E-state index contributed by atoms with van der Waals surface area (Å²) in [4.78, 5) is 8.21. The average molecular weight is 392 g/mol. The summed E-state index contributed by atoms with van der Waals surface area (Å²) in [6, 6.07) is 6.09. The van der Waals surface area contributed by atoms with Gasteiger partial charge in [0.25, 0.3) is 0 Å². The third-order valence-corrected chi connectivity index (χ3v) is 5.87. The molecule has 3 heterocycles. The van der Waals surface area contributed by atoms with E-state index < -0.39 is 0 Å². The average Bonchev–Trinajstić information content (AvgIpc) is 3.21. The Labute approximate surface area is 168 Å². The molecule has 1 aliphatic heterocycles. The molecular weight excluding hydrogens is 368 g/mol. The Morgan fingerprint density at radius 3 is 2.59 bits per heavy atom. The Morgan fingerprint density at radius 2 is 1.93 bits per heavy atom. The van der Waals surface area contributed by atoms with Crippen LogP contribution in [-0.4, -0.2) is 60.5 Å². The Hall–Kier alpha value is -3.07. The molecule has 1 aromatic carbocycles.